The second-order valence-corrected chi connectivity index (χ2v) is 5.72. The van der Waals surface area contributed by atoms with E-state index in [1.165, 1.54) is 0 Å². The molecule has 1 heterocycles. The van der Waals surface area contributed by atoms with Gasteiger partial charge in [0.1, 0.15) is 5.01 Å². The summed E-state index contributed by atoms with van der Waals surface area (Å²) in [5.41, 5.74) is 1.48. The number of carboxylic acid groups (broad SMARTS) is 1. The summed E-state index contributed by atoms with van der Waals surface area (Å²) in [5, 5.41) is 11.8. The minimum Gasteiger partial charge on any atom is -0.481 e. The molecule has 2 aromatic rings. The molecular formula is C14H15NO2S. The van der Waals surface area contributed by atoms with Crippen molar-refractivity contribution in [1.82, 2.24) is 4.98 Å². The van der Waals surface area contributed by atoms with Crippen molar-refractivity contribution in [3.63, 3.8) is 0 Å². The normalized spacial score (nSPS) is 11.4. The third-order valence-electron chi connectivity index (χ3n) is 2.81. The van der Waals surface area contributed by atoms with Crippen LogP contribution < -0.4 is 0 Å². The third-order valence-corrected chi connectivity index (χ3v) is 3.70. The molecule has 1 aromatic carbocycles. The summed E-state index contributed by atoms with van der Waals surface area (Å²) in [6.45, 7) is 3.82. The van der Waals surface area contributed by atoms with Crippen molar-refractivity contribution >= 4 is 17.3 Å². The topological polar surface area (TPSA) is 50.2 Å². The lowest BCUT2D eigenvalue weighted by Crippen LogP contribution is -2.22. The molecule has 0 radical (unpaired) electrons. The Hall–Kier alpha value is -1.68. The monoisotopic (exact) mass is 261 g/mol. The summed E-state index contributed by atoms with van der Waals surface area (Å²) in [4.78, 5) is 15.4. The van der Waals surface area contributed by atoms with Crippen LogP contribution in [-0.4, -0.2) is 16.1 Å². The van der Waals surface area contributed by atoms with Crippen LogP contribution in [0.15, 0.2) is 35.7 Å². The van der Waals surface area contributed by atoms with Crippen LogP contribution in [0.2, 0.25) is 0 Å². The fourth-order valence-corrected chi connectivity index (χ4v) is 2.78. The van der Waals surface area contributed by atoms with Gasteiger partial charge in [0.25, 0.3) is 0 Å². The highest BCUT2D eigenvalue weighted by atomic mass is 32.1. The number of hydrogen-bond acceptors (Lipinski definition) is 3. The highest BCUT2D eigenvalue weighted by Gasteiger charge is 2.27. The summed E-state index contributed by atoms with van der Waals surface area (Å²) in [6, 6.07) is 9.92. The molecule has 4 heteroatoms. The molecule has 0 spiro atoms. The van der Waals surface area contributed by atoms with Crippen LogP contribution in [0.3, 0.4) is 0 Å². The van der Waals surface area contributed by atoms with Crippen molar-refractivity contribution in [3.8, 4) is 10.6 Å². The van der Waals surface area contributed by atoms with E-state index in [0.717, 1.165) is 16.3 Å². The van der Waals surface area contributed by atoms with Crippen LogP contribution in [0.25, 0.3) is 10.6 Å². The Morgan fingerprint density at radius 3 is 2.61 bits per heavy atom. The lowest BCUT2D eigenvalue weighted by Gasteiger charge is -2.19. The largest absolute Gasteiger partial charge is 0.481 e. The summed E-state index contributed by atoms with van der Waals surface area (Å²) >= 11 is 1.55. The second kappa shape index (κ2) is 4.90. The molecule has 2 rings (SSSR count). The van der Waals surface area contributed by atoms with Gasteiger partial charge in [0.2, 0.25) is 0 Å². The molecular weight excluding hydrogens is 246 g/mol. The standard InChI is InChI=1S/C14H15NO2S/c1-14(2,8-12(16)17)11-9-18-13(15-11)10-6-4-3-5-7-10/h3-7,9H,8H2,1-2H3,(H,16,17). The molecule has 94 valence electrons. The molecule has 0 amide bonds. The van der Waals surface area contributed by atoms with Gasteiger partial charge in [-0.3, -0.25) is 4.79 Å². The number of aliphatic carboxylic acids is 1. The number of rotatable bonds is 4. The zero-order chi connectivity index (χ0) is 13.2. The van der Waals surface area contributed by atoms with Crippen LogP contribution in [0.4, 0.5) is 0 Å². The van der Waals surface area contributed by atoms with Gasteiger partial charge in [0, 0.05) is 16.4 Å². The molecule has 0 unspecified atom stereocenters. The molecule has 0 aliphatic carbocycles. The quantitative estimate of drug-likeness (QED) is 0.915. The maximum atomic E-state index is 10.8. The first-order chi connectivity index (χ1) is 8.49. The van der Waals surface area contributed by atoms with Gasteiger partial charge < -0.3 is 5.11 Å². The first kappa shape index (κ1) is 12.8. The van der Waals surface area contributed by atoms with E-state index < -0.39 is 11.4 Å². The number of hydrogen-bond donors (Lipinski definition) is 1. The highest BCUT2D eigenvalue weighted by Crippen LogP contribution is 2.31. The average molecular weight is 261 g/mol. The predicted octanol–water partition coefficient (Wildman–Crippen LogP) is 3.56. The van der Waals surface area contributed by atoms with Crippen molar-refractivity contribution in [2.45, 2.75) is 25.7 Å². The van der Waals surface area contributed by atoms with Crippen LogP contribution >= 0.6 is 11.3 Å². The average Bonchev–Trinajstić information content (AvgIpc) is 2.78. The van der Waals surface area contributed by atoms with Crippen LogP contribution in [-0.2, 0) is 10.2 Å². The van der Waals surface area contributed by atoms with Gasteiger partial charge in [-0.25, -0.2) is 4.98 Å². The molecule has 0 saturated carbocycles. The number of carbonyl (C=O) groups is 1. The summed E-state index contributed by atoms with van der Waals surface area (Å²) in [7, 11) is 0. The van der Waals surface area contributed by atoms with E-state index in [9.17, 15) is 4.79 Å². The van der Waals surface area contributed by atoms with Gasteiger partial charge in [-0.2, -0.15) is 0 Å². The molecule has 1 aromatic heterocycles. The van der Waals surface area contributed by atoms with Crippen LogP contribution in [0.1, 0.15) is 26.0 Å². The summed E-state index contributed by atoms with van der Waals surface area (Å²) < 4.78 is 0. The smallest absolute Gasteiger partial charge is 0.304 e. The zero-order valence-corrected chi connectivity index (χ0v) is 11.2. The maximum absolute atomic E-state index is 10.8. The first-order valence-electron chi connectivity index (χ1n) is 5.72. The number of carboxylic acids is 1. The fraction of sp³-hybridized carbons (Fsp3) is 0.286. The highest BCUT2D eigenvalue weighted by molar-refractivity contribution is 7.13. The van der Waals surface area contributed by atoms with E-state index in [1.54, 1.807) is 11.3 Å². The van der Waals surface area contributed by atoms with Crippen molar-refractivity contribution in [1.29, 1.82) is 0 Å². The lowest BCUT2D eigenvalue weighted by molar-refractivity contribution is -0.138. The zero-order valence-electron chi connectivity index (χ0n) is 10.4. The van der Waals surface area contributed by atoms with Gasteiger partial charge in [0.05, 0.1) is 12.1 Å². The van der Waals surface area contributed by atoms with Gasteiger partial charge >= 0.3 is 5.97 Å². The van der Waals surface area contributed by atoms with E-state index >= 15 is 0 Å². The Bertz CT molecular complexity index is 546. The molecule has 0 atom stereocenters. The second-order valence-electron chi connectivity index (χ2n) is 4.86. The van der Waals surface area contributed by atoms with Gasteiger partial charge in [-0.1, -0.05) is 44.2 Å². The van der Waals surface area contributed by atoms with E-state index in [1.807, 2.05) is 49.6 Å². The number of thiazole rings is 1. The summed E-state index contributed by atoms with van der Waals surface area (Å²) in [5.74, 6) is -0.797. The van der Waals surface area contributed by atoms with Crippen LogP contribution in [0.5, 0.6) is 0 Å². The minimum atomic E-state index is -0.797. The Morgan fingerprint density at radius 2 is 2.00 bits per heavy atom. The summed E-state index contributed by atoms with van der Waals surface area (Å²) in [6.07, 6.45) is 0.0883. The molecule has 0 fully saturated rings. The van der Waals surface area contributed by atoms with Crippen molar-refractivity contribution in [2.75, 3.05) is 0 Å². The van der Waals surface area contributed by atoms with E-state index in [-0.39, 0.29) is 6.42 Å². The van der Waals surface area contributed by atoms with Crippen molar-refractivity contribution < 1.29 is 9.90 Å². The molecule has 0 bridgehead atoms. The minimum absolute atomic E-state index is 0.0883. The van der Waals surface area contributed by atoms with Crippen molar-refractivity contribution in [3.05, 3.63) is 41.4 Å². The molecule has 0 saturated heterocycles. The van der Waals surface area contributed by atoms with Gasteiger partial charge in [-0.15, -0.1) is 11.3 Å². The molecule has 18 heavy (non-hydrogen) atoms. The Kier molecular flexibility index (Phi) is 3.48. The molecule has 1 N–H and O–H groups in total. The maximum Gasteiger partial charge on any atom is 0.304 e. The predicted molar refractivity (Wildman–Crippen MR) is 72.8 cm³/mol. The van der Waals surface area contributed by atoms with E-state index in [0.29, 0.717) is 0 Å². The number of nitrogens with zero attached hydrogens (tertiary/aromatic N) is 1. The van der Waals surface area contributed by atoms with Gasteiger partial charge in [-0.05, 0) is 0 Å². The van der Waals surface area contributed by atoms with E-state index in [2.05, 4.69) is 4.98 Å². The van der Waals surface area contributed by atoms with E-state index in [4.69, 9.17) is 5.11 Å². The fourth-order valence-electron chi connectivity index (χ4n) is 1.77. The molecule has 3 nitrogen and oxygen atoms in total. The lowest BCUT2D eigenvalue weighted by atomic mass is 9.86. The number of aromatic nitrogens is 1. The number of benzene rings is 1. The Morgan fingerprint density at radius 1 is 1.33 bits per heavy atom. The Labute approximate surface area is 110 Å². The van der Waals surface area contributed by atoms with Gasteiger partial charge in [0.15, 0.2) is 0 Å². The third kappa shape index (κ3) is 2.76. The molecule has 0 aliphatic heterocycles. The Balaban J connectivity index is 2.28. The van der Waals surface area contributed by atoms with Crippen molar-refractivity contribution in [2.24, 2.45) is 0 Å². The first-order valence-corrected chi connectivity index (χ1v) is 6.60. The molecule has 0 aliphatic rings. The van der Waals surface area contributed by atoms with Crippen LogP contribution in [0, 0.1) is 0 Å². The SMILES string of the molecule is CC(C)(CC(=O)O)c1csc(-c2ccccc2)n1.